The van der Waals surface area contributed by atoms with Gasteiger partial charge in [0.15, 0.2) is 0 Å². The van der Waals surface area contributed by atoms with Gasteiger partial charge in [-0.05, 0) is 183 Å². The van der Waals surface area contributed by atoms with Crippen molar-refractivity contribution in [3.63, 3.8) is 0 Å². The molecule has 7 aromatic rings. The van der Waals surface area contributed by atoms with Crippen molar-refractivity contribution < 1.29 is 37.9 Å². The number of hydrogen-bond acceptors (Lipinski definition) is 10. The van der Waals surface area contributed by atoms with Crippen molar-refractivity contribution in [3.05, 3.63) is 113 Å². The summed E-state index contributed by atoms with van der Waals surface area (Å²) in [6, 6.07) is 23.9. The van der Waals surface area contributed by atoms with Gasteiger partial charge in [0.05, 0.1) is 79.7 Å². The fraction of sp³-hybridized carbons (Fsp3) is 0.154. The van der Waals surface area contributed by atoms with E-state index in [1.165, 1.54) is 0 Å². The molecule has 3 aromatic heterocycles. The van der Waals surface area contributed by atoms with Gasteiger partial charge < -0.3 is 47.9 Å². The third-order valence-electron chi connectivity index (χ3n) is 11.7. The van der Waals surface area contributed by atoms with Crippen LogP contribution in [0.1, 0.15) is 22.8 Å². The average Bonchev–Trinajstić information content (AvgIpc) is 4.21. The van der Waals surface area contributed by atoms with Crippen molar-refractivity contribution in [2.45, 2.75) is 0 Å². The van der Waals surface area contributed by atoms with Crippen LogP contribution >= 0.6 is 63.7 Å². The molecule has 68 heavy (non-hydrogen) atoms. The Labute approximate surface area is 425 Å². The molecule has 12 nitrogen and oxygen atoms in total. The second kappa shape index (κ2) is 19.4. The molecule has 8 bridgehead atoms. The first-order chi connectivity index (χ1) is 33.0. The topological polar surface area (TPSA) is 131 Å². The first-order valence-electron chi connectivity index (χ1n) is 20.8. The summed E-state index contributed by atoms with van der Waals surface area (Å²) >= 11 is 14.7. The van der Waals surface area contributed by atoms with Crippen molar-refractivity contribution in [1.82, 2.24) is 19.9 Å². The second-order valence-electron chi connectivity index (χ2n) is 15.3. The van der Waals surface area contributed by atoms with Crippen LogP contribution in [-0.2, 0) is 0 Å². The third kappa shape index (κ3) is 8.30. The van der Waals surface area contributed by atoms with E-state index in [0.717, 1.165) is 66.6 Å². The lowest BCUT2D eigenvalue weighted by molar-refractivity contribution is 0.389. The number of halogens is 4. The van der Waals surface area contributed by atoms with Gasteiger partial charge in [-0.25, -0.2) is 9.97 Å². The van der Waals surface area contributed by atoms with Crippen LogP contribution in [-0.4, -0.2) is 76.8 Å². The van der Waals surface area contributed by atoms with Crippen molar-refractivity contribution in [2.75, 3.05) is 56.9 Å². The summed E-state index contributed by atoms with van der Waals surface area (Å²) < 4.78 is 49.8. The highest BCUT2D eigenvalue weighted by Gasteiger charge is 2.24. The molecule has 0 aliphatic carbocycles. The minimum absolute atomic E-state index is 0.584. The number of aromatic nitrogens is 4. The molecule has 0 saturated heterocycles. The quantitative estimate of drug-likeness (QED) is 0.122. The zero-order valence-electron chi connectivity index (χ0n) is 37.9. The van der Waals surface area contributed by atoms with Gasteiger partial charge in [-0.1, -0.05) is 0 Å². The number of H-pyrrole nitrogens is 2. The Morgan fingerprint density at radius 2 is 0.485 bits per heavy atom. The van der Waals surface area contributed by atoms with Crippen LogP contribution in [0.15, 0.2) is 90.7 Å². The van der Waals surface area contributed by atoms with E-state index in [9.17, 15) is 0 Å². The molecule has 0 atom stereocenters. The van der Waals surface area contributed by atoms with E-state index in [2.05, 4.69) is 73.7 Å². The number of nitrogens with one attached hydrogen (secondary N) is 2. The Hall–Kier alpha value is -6.20. The van der Waals surface area contributed by atoms with E-state index in [4.69, 9.17) is 47.9 Å². The van der Waals surface area contributed by atoms with Gasteiger partial charge in [-0.2, -0.15) is 0 Å². The molecule has 346 valence electrons. The zero-order valence-corrected chi connectivity index (χ0v) is 44.3. The number of ether oxygens (including phenoxy) is 8. The van der Waals surface area contributed by atoms with E-state index < -0.39 is 0 Å². The van der Waals surface area contributed by atoms with Crippen molar-refractivity contribution in [1.29, 1.82) is 0 Å². The summed E-state index contributed by atoms with van der Waals surface area (Å²) in [5.74, 6) is 4.67. The highest BCUT2D eigenvalue weighted by atomic mass is 79.9. The molecule has 2 aliphatic rings. The molecule has 4 aromatic carbocycles. The molecule has 5 heterocycles. The maximum Gasteiger partial charge on any atom is 0.137 e. The Morgan fingerprint density at radius 3 is 0.647 bits per heavy atom. The van der Waals surface area contributed by atoms with E-state index in [0.29, 0.717) is 86.7 Å². The molecule has 0 radical (unpaired) electrons. The van der Waals surface area contributed by atoms with Crippen LogP contribution in [0.3, 0.4) is 0 Å². The van der Waals surface area contributed by atoms with Crippen LogP contribution in [0.5, 0.6) is 46.0 Å². The molecule has 0 saturated carbocycles. The average molecular weight is 1170 g/mol. The van der Waals surface area contributed by atoms with Gasteiger partial charge >= 0.3 is 0 Å². The van der Waals surface area contributed by atoms with Crippen molar-refractivity contribution in [2.24, 2.45) is 0 Å². The molecule has 9 rings (SSSR count). The molecular weight excluding hydrogens is 1130 g/mol. The number of methoxy groups -OCH3 is 8. The molecule has 0 spiro atoms. The first kappa shape index (κ1) is 46.9. The Balaban J connectivity index is 1.52. The van der Waals surface area contributed by atoms with Crippen molar-refractivity contribution in [3.8, 4) is 90.5 Å². The number of benzene rings is 4. The normalized spacial score (nSPS) is 11.7. The Bertz CT molecular complexity index is 2880. The van der Waals surface area contributed by atoms with Crippen LogP contribution < -0.4 is 37.9 Å². The highest BCUT2D eigenvalue weighted by Crippen LogP contribution is 2.47. The number of aromatic amines is 2. The van der Waals surface area contributed by atoms with Gasteiger partial charge in [0.25, 0.3) is 0 Å². The largest absolute Gasteiger partial charge is 0.495 e. The third-order valence-corrected chi connectivity index (χ3v) is 14.8. The van der Waals surface area contributed by atoms with E-state index in [-0.39, 0.29) is 0 Å². The smallest absolute Gasteiger partial charge is 0.137 e. The lowest BCUT2D eigenvalue weighted by Gasteiger charge is -2.14. The molecule has 2 N–H and O–H groups in total. The fourth-order valence-electron chi connectivity index (χ4n) is 8.47. The van der Waals surface area contributed by atoms with Gasteiger partial charge in [0.2, 0.25) is 0 Å². The predicted molar refractivity (Wildman–Crippen MR) is 284 cm³/mol. The fourth-order valence-corrected chi connectivity index (χ4v) is 10.7. The van der Waals surface area contributed by atoms with Crippen molar-refractivity contribution >= 4 is 110 Å². The summed E-state index contributed by atoms with van der Waals surface area (Å²) in [5.41, 5.74) is 12.1. The van der Waals surface area contributed by atoms with Crippen LogP contribution in [0.4, 0.5) is 0 Å². The van der Waals surface area contributed by atoms with Crippen LogP contribution in [0.2, 0.25) is 0 Å². The molecule has 2 aliphatic heterocycles. The van der Waals surface area contributed by atoms with Gasteiger partial charge in [0.1, 0.15) is 63.9 Å². The summed E-state index contributed by atoms with van der Waals surface area (Å²) in [4.78, 5) is 18.5. The SMILES string of the molecule is COc1cc(-c2c3nc(c(-c4cc(OC)c(Br)c(OC)c4)c4ccc([nH]4)c(-c4cc(OC)c(Br)c(OC)c4)c4nc(c(-c5cc(OC)c(Br)c(OC)c5)c5ccc2[nH]5)C=C4)C=C3)cc(OC)c1Br. The summed E-state index contributed by atoms with van der Waals surface area (Å²) in [6.45, 7) is 0. The number of hydrogen-bond donors (Lipinski definition) is 2. The summed E-state index contributed by atoms with van der Waals surface area (Å²) in [7, 11) is 13.0. The second-order valence-corrected chi connectivity index (χ2v) is 18.5. The van der Waals surface area contributed by atoms with Gasteiger partial charge in [-0.3, -0.25) is 0 Å². The Kier molecular flexibility index (Phi) is 13.4. The van der Waals surface area contributed by atoms with Gasteiger partial charge in [-0.15, -0.1) is 0 Å². The van der Waals surface area contributed by atoms with E-state index in [1.54, 1.807) is 56.9 Å². The molecule has 0 fully saturated rings. The zero-order chi connectivity index (χ0) is 48.0. The lowest BCUT2D eigenvalue weighted by Crippen LogP contribution is -1.95. The van der Waals surface area contributed by atoms with Gasteiger partial charge in [0, 0.05) is 44.3 Å². The first-order valence-corrected chi connectivity index (χ1v) is 24.0. The Morgan fingerprint density at radius 1 is 0.309 bits per heavy atom. The highest BCUT2D eigenvalue weighted by molar-refractivity contribution is 9.11. The molecule has 0 amide bonds. The lowest BCUT2D eigenvalue weighted by atomic mass is 10.0. The standard InChI is InChI=1S/C52H42Br4N4O8/c1-61-37-17-25(18-38(62-2)49(37)53)45-29-9-11-31(57-29)46(26-19-39(63-3)50(54)40(20-26)64-4)33-13-15-35(59-33)48(28-23-43(67-7)52(56)44(24-28)68-8)36-16-14-34(60-36)47(32-12-10-30(45)58-32)27-21-41(65-5)51(55)42(22-27)66-6/h9-24,57,60H,1-8H3. The number of rotatable bonds is 12. The molecule has 16 heteroatoms. The maximum atomic E-state index is 5.88. The van der Waals surface area contributed by atoms with E-state index in [1.807, 2.05) is 97.1 Å². The molecular formula is C52H42Br4N4O8. The van der Waals surface area contributed by atoms with Crippen LogP contribution in [0.25, 0.3) is 90.9 Å². The monoisotopic (exact) mass is 1170 g/mol. The minimum atomic E-state index is 0.584. The van der Waals surface area contributed by atoms with Crippen LogP contribution in [0, 0.1) is 0 Å². The van der Waals surface area contributed by atoms with E-state index >= 15 is 0 Å². The predicted octanol–water partition coefficient (Wildman–Crippen LogP) is 14.4. The minimum Gasteiger partial charge on any atom is -0.495 e. The maximum absolute atomic E-state index is 5.88. The summed E-state index contributed by atoms with van der Waals surface area (Å²) in [5, 5.41) is 0. The number of nitrogens with zero attached hydrogens (tertiary/aromatic N) is 2. The summed E-state index contributed by atoms with van der Waals surface area (Å²) in [6.07, 6.45) is 8.05. The number of fused-ring (bicyclic) bond motifs is 8. The molecule has 0 unspecified atom stereocenters.